The second kappa shape index (κ2) is 17.8. The van der Waals surface area contributed by atoms with Gasteiger partial charge in [0.2, 0.25) is 29.5 Å². The van der Waals surface area contributed by atoms with E-state index in [4.69, 9.17) is 5.73 Å². The van der Waals surface area contributed by atoms with Crippen LogP contribution in [0.5, 0.6) is 5.75 Å². The number of carbonyl (C=O) groups is 5. The van der Waals surface area contributed by atoms with E-state index in [0.29, 0.717) is 6.42 Å². The molecule has 12 nitrogen and oxygen atoms in total. The summed E-state index contributed by atoms with van der Waals surface area (Å²) in [4.78, 5) is 63.4. The van der Waals surface area contributed by atoms with E-state index in [-0.39, 0.29) is 18.6 Å². The minimum atomic E-state index is -1.08. The number of likely N-dealkylation sites (N-methyl/N-ethyl adjacent to an activating group) is 1. The number of aromatic hydroxyl groups is 1. The average molecular weight is 601 g/mol. The third-order valence-electron chi connectivity index (χ3n) is 6.36. The minimum absolute atomic E-state index is 0.0932. The quantitative estimate of drug-likeness (QED) is 0.134. The number of nitrogens with one attached hydrogen (secondary N) is 5. The lowest BCUT2D eigenvalue weighted by atomic mass is 10.0. The van der Waals surface area contributed by atoms with E-state index in [1.165, 1.54) is 19.1 Å². The third kappa shape index (κ3) is 11.9. The minimum Gasteiger partial charge on any atom is -0.508 e. The van der Waals surface area contributed by atoms with E-state index in [2.05, 4.69) is 26.6 Å². The molecule has 2 aromatic rings. The first-order valence-corrected chi connectivity index (χ1v) is 14.9. The van der Waals surface area contributed by atoms with Gasteiger partial charge in [0, 0.05) is 6.42 Å². The molecule has 2 aromatic carbocycles. The van der Waals surface area contributed by atoms with Crippen molar-refractivity contribution in [3.63, 3.8) is 0 Å². The SMILES string of the molecule is CN[C@@H](CCSC)C(=O)NC(=O)[C@H](Cc1ccccc1)NC(=O)CNC(=O)[C@@H](C)NC(=O)[C@@H](N)Cc1ccc(O)cc1. The molecule has 4 atom stereocenters. The fourth-order valence-corrected chi connectivity index (χ4v) is 4.40. The number of nitrogens with two attached hydrogens (primary N) is 1. The summed E-state index contributed by atoms with van der Waals surface area (Å²) >= 11 is 1.58. The molecule has 0 aromatic heterocycles. The first-order valence-electron chi connectivity index (χ1n) is 13.5. The van der Waals surface area contributed by atoms with E-state index in [0.717, 1.165) is 16.9 Å². The second-order valence-electron chi connectivity index (χ2n) is 9.71. The molecule has 2 rings (SSSR count). The van der Waals surface area contributed by atoms with Crippen molar-refractivity contribution in [1.82, 2.24) is 26.6 Å². The molecule has 0 aliphatic heterocycles. The number of phenols is 1. The molecule has 0 saturated heterocycles. The summed E-state index contributed by atoms with van der Waals surface area (Å²) in [5.41, 5.74) is 7.46. The van der Waals surface area contributed by atoms with Gasteiger partial charge in [-0.15, -0.1) is 0 Å². The fraction of sp³-hybridized carbons (Fsp3) is 0.414. The van der Waals surface area contributed by atoms with Crippen LogP contribution < -0.4 is 32.3 Å². The largest absolute Gasteiger partial charge is 0.508 e. The van der Waals surface area contributed by atoms with E-state index in [1.54, 1.807) is 55.2 Å². The Morgan fingerprint density at radius 1 is 0.833 bits per heavy atom. The number of hydrogen-bond acceptors (Lipinski definition) is 9. The molecule has 0 spiro atoms. The zero-order valence-electron chi connectivity index (χ0n) is 24.0. The maximum absolute atomic E-state index is 13.0. The van der Waals surface area contributed by atoms with Gasteiger partial charge in [-0.3, -0.25) is 29.3 Å². The Hall–Kier alpha value is -3.94. The number of thioether (sulfide) groups is 1. The molecule has 0 aliphatic rings. The van der Waals surface area contributed by atoms with Gasteiger partial charge in [0.15, 0.2) is 0 Å². The lowest BCUT2D eigenvalue weighted by molar-refractivity contribution is -0.135. The molecule has 0 aliphatic carbocycles. The highest BCUT2D eigenvalue weighted by atomic mass is 32.2. The van der Waals surface area contributed by atoms with Gasteiger partial charge in [0.1, 0.15) is 17.8 Å². The molecule has 5 amide bonds. The van der Waals surface area contributed by atoms with Gasteiger partial charge in [0.25, 0.3) is 0 Å². The number of imide groups is 1. The van der Waals surface area contributed by atoms with Crippen LogP contribution in [0.25, 0.3) is 0 Å². The summed E-state index contributed by atoms with van der Waals surface area (Å²) in [5.74, 6) is -2.18. The Morgan fingerprint density at radius 2 is 1.45 bits per heavy atom. The normalized spacial score (nSPS) is 13.6. The first-order chi connectivity index (χ1) is 20.0. The first kappa shape index (κ1) is 34.3. The van der Waals surface area contributed by atoms with E-state index in [1.807, 2.05) is 12.3 Å². The van der Waals surface area contributed by atoms with Gasteiger partial charge in [-0.05, 0) is 62.1 Å². The Balaban J connectivity index is 1.92. The summed E-state index contributed by atoms with van der Waals surface area (Å²) < 4.78 is 0. The van der Waals surface area contributed by atoms with Crippen molar-refractivity contribution in [2.45, 2.75) is 50.4 Å². The zero-order valence-corrected chi connectivity index (χ0v) is 24.8. The maximum Gasteiger partial charge on any atom is 0.249 e. The Labute approximate surface area is 250 Å². The van der Waals surface area contributed by atoms with Crippen LogP contribution in [0.15, 0.2) is 54.6 Å². The molecule has 0 saturated carbocycles. The van der Waals surface area contributed by atoms with Gasteiger partial charge < -0.3 is 32.1 Å². The van der Waals surface area contributed by atoms with Crippen LogP contribution in [-0.2, 0) is 36.8 Å². The van der Waals surface area contributed by atoms with Gasteiger partial charge in [-0.1, -0.05) is 42.5 Å². The summed E-state index contributed by atoms with van der Waals surface area (Å²) in [7, 11) is 1.63. The zero-order chi connectivity index (χ0) is 31.1. The highest BCUT2D eigenvalue weighted by Gasteiger charge is 2.27. The Morgan fingerprint density at radius 3 is 2.07 bits per heavy atom. The molecular weight excluding hydrogens is 560 g/mol. The van der Waals surface area contributed by atoms with Gasteiger partial charge in [0.05, 0.1) is 18.6 Å². The van der Waals surface area contributed by atoms with E-state index >= 15 is 0 Å². The van der Waals surface area contributed by atoms with Crippen LogP contribution in [0.4, 0.5) is 0 Å². The molecule has 0 bridgehead atoms. The number of amides is 5. The summed E-state index contributed by atoms with van der Waals surface area (Å²) in [6.45, 7) is 0.989. The number of carbonyl (C=O) groups excluding carboxylic acids is 5. The van der Waals surface area contributed by atoms with Crippen molar-refractivity contribution in [2.24, 2.45) is 5.73 Å². The van der Waals surface area contributed by atoms with Crippen LogP contribution in [0.2, 0.25) is 0 Å². The van der Waals surface area contributed by atoms with Crippen molar-refractivity contribution in [3.8, 4) is 5.75 Å². The highest BCUT2D eigenvalue weighted by Crippen LogP contribution is 2.11. The summed E-state index contributed by atoms with van der Waals surface area (Å²) in [5, 5.41) is 22.2. The lowest BCUT2D eigenvalue weighted by Gasteiger charge is -2.21. The highest BCUT2D eigenvalue weighted by molar-refractivity contribution is 7.98. The Kier molecular flexibility index (Phi) is 14.5. The average Bonchev–Trinajstić information content (AvgIpc) is 2.97. The van der Waals surface area contributed by atoms with Crippen molar-refractivity contribution in [3.05, 3.63) is 65.7 Å². The number of benzene rings is 2. The number of phenolic OH excluding ortho intramolecular Hbond substituents is 1. The molecule has 8 N–H and O–H groups in total. The lowest BCUT2D eigenvalue weighted by Crippen LogP contribution is -2.55. The molecule has 13 heteroatoms. The van der Waals surface area contributed by atoms with E-state index < -0.39 is 60.2 Å². The second-order valence-corrected chi connectivity index (χ2v) is 10.7. The predicted octanol–water partition coefficient (Wildman–Crippen LogP) is -0.406. The topological polar surface area (TPSA) is 192 Å². The number of hydrogen-bond donors (Lipinski definition) is 7. The number of rotatable bonds is 16. The van der Waals surface area contributed by atoms with Crippen molar-refractivity contribution >= 4 is 41.3 Å². The van der Waals surface area contributed by atoms with Crippen molar-refractivity contribution in [1.29, 1.82) is 0 Å². The molecule has 0 heterocycles. The van der Waals surface area contributed by atoms with Crippen LogP contribution in [-0.4, -0.2) is 84.4 Å². The molecule has 0 radical (unpaired) electrons. The van der Waals surface area contributed by atoms with Crippen molar-refractivity contribution < 1.29 is 29.1 Å². The van der Waals surface area contributed by atoms with E-state index in [9.17, 15) is 29.1 Å². The van der Waals surface area contributed by atoms with Crippen molar-refractivity contribution in [2.75, 3.05) is 25.6 Å². The smallest absolute Gasteiger partial charge is 0.249 e. The van der Waals surface area contributed by atoms with Gasteiger partial charge in [-0.25, -0.2) is 0 Å². The predicted molar refractivity (Wildman–Crippen MR) is 161 cm³/mol. The molecule has 0 fully saturated rings. The standard InChI is InChI=1S/C29H40N6O6S/c1-18(33-27(39)22(30)15-20-9-11-21(36)12-10-20)26(38)32-17-25(37)34-24(16-19-7-5-4-6-8-19)29(41)35-28(40)23(31-2)13-14-42-3/h4-12,18,22-24,31,36H,13-17,30H2,1-3H3,(H,32,38)(H,33,39)(H,34,37)(H,35,40,41)/t18-,22+,23+,24+/m1/s1. The molecule has 228 valence electrons. The monoisotopic (exact) mass is 600 g/mol. The van der Waals surface area contributed by atoms with Crippen LogP contribution in [0.3, 0.4) is 0 Å². The van der Waals surface area contributed by atoms with Crippen LogP contribution in [0.1, 0.15) is 24.5 Å². The van der Waals surface area contributed by atoms with Crippen LogP contribution >= 0.6 is 11.8 Å². The molecular formula is C29H40N6O6S. The molecule has 0 unspecified atom stereocenters. The third-order valence-corrected chi connectivity index (χ3v) is 7.00. The summed E-state index contributed by atoms with van der Waals surface area (Å²) in [6, 6.07) is 11.7. The fourth-order valence-electron chi connectivity index (χ4n) is 3.93. The van der Waals surface area contributed by atoms with Gasteiger partial charge in [-0.2, -0.15) is 11.8 Å². The molecule has 42 heavy (non-hydrogen) atoms. The summed E-state index contributed by atoms with van der Waals surface area (Å²) in [6.07, 6.45) is 2.77. The maximum atomic E-state index is 13.0. The van der Waals surface area contributed by atoms with Gasteiger partial charge >= 0.3 is 0 Å². The van der Waals surface area contributed by atoms with Crippen LogP contribution in [0, 0.1) is 0 Å². The Bertz CT molecular complexity index is 1200.